The van der Waals surface area contributed by atoms with Crippen LogP contribution in [0.2, 0.25) is 0 Å². The van der Waals surface area contributed by atoms with Gasteiger partial charge in [0.05, 0.1) is 0 Å². The molecule has 1 aromatic heterocycles. The van der Waals surface area contributed by atoms with Crippen molar-refractivity contribution in [2.24, 2.45) is 5.92 Å². The largest absolute Gasteiger partial charge is 0.360 e. The number of nitrogens with zero attached hydrogens (tertiary/aromatic N) is 5. The molecule has 1 aromatic carbocycles. The van der Waals surface area contributed by atoms with Gasteiger partial charge in [-0.15, -0.1) is 10.2 Å². The van der Waals surface area contributed by atoms with E-state index in [1.165, 1.54) is 0 Å². The zero-order chi connectivity index (χ0) is 17.2. The highest BCUT2D eigenvalue weighted by atomic mass is 16.2. The maximum atomic E-state index is 12.4. The van der Waals surface area contributed by atoms with Crippen molar-refractivity contribution in [3.63, 3.8) is 0 Å². The third-order valence-corrected chi connectivity index (χ3v) is 4.48. The molecule has 2 aromatic rings. The van der Waals surface area contributed by atoms with E-state index < -0.39 is 0 Å². The van der Waals surface area contributed by atoms with Gasteiger partial charge in [0.15, 0.2) is 0 Å². The van der Waals surface area contributed by atoms with Gasteiger partial charge in [-0.2, -0.15) is 10.5 Å². The molecule has 0 radical (unpaired) electrons. The highest BCUT2D eigenvalue weighted by Gasteiger charge is 2.35. The Hall–Kier alpha value is -3.21. The van der Waals surface area contributed by atoms with Crippen LogP contribution in [0.3, 0.4) is 0 Å². The number of fused-ring (bicyclic) bond motifs is 1. The van der Waals surface area contributed by atoms with E-state index in [1.54, 1.807) is 6.20 Å². The van der Waals surface area contributed by atoms with Crippen molar-refractivity contribution in [3.8, 4) is 6.07 Å². The van der Waals surface area contributed by atoms with E-state index in [-0.39, 0.29) is 23.2 Å². The highest BCUT2D eigenvalue weighted by molar-refractivity contribution is 5.97. The first kappa shape index (κ1) is 15.3. The average Bonchev–Trinajstić information content (AvgIpc) is 3.36. The zero-order valence-corrected chi connectivity index (χ0v) is 13.6. The van der Waals surface area contributed by atoms with Crippen LogP contribution in [0.1, 0.15) is 30.7 Å². The molecule has 8 nitrogen and oxygen atoms in total. The summed E-state index contributed by atoms with van der Waals surface area (Å²) in [5.74, 6) is 0.722. The van der Waals surface area contributed by atoms with Crippen molar-refractivity contribution in [2.75, 3.05) is 16.8 Å². The molecule has 4 rings (SSSR count). The summed E-state index contributed by atoms with van der Waals surface area (Å²) in [7, 11) is 0. The molecule has 1 saturated carbocycles. The Balaban J connectivity index is 1.55. The summed E-state index contributed by atoms with van der Waals surface area (Å²) in [6.07, 6.45) is 5.50. The number of nitrogens with one attached hydrogen (secondary N) is 2. The molecule has 1 fully saturated rings. The lowest BCUT2D eigenvalue weighted by Gasteiger charge is -2.30. The number of aromatic amines is 1. The van der Waals surface area contributed by atoms with Gasteiger partial charge in [0.2, 0.25) is 11.7 Å². The summed E-state index contributed by atoms with van der Waals surface area (Å²) in [5.41, 5.74) is 3.31. The van der Waals surface area contributed by atoms with Crippen LogP contribution in [0, 0.1) is 17.2 Å². The number of nitriles is 1. The fourth-order valence-corrected chi connectivity index (χ4v) is 3.04. The van der Waals surface area contributed by atoms with Gasteiger partial charge < -0.3 is 10.2 Å². The number of amides is 1. The number of aryl methyl sites for hydroxylation is 1. The lowest BCUT2D eigenvalue weighted by Crippen LogP contribution is -2.36. The van der Waals surface area contributed by atoms with E-state index >= 15 is 0 Å². The lowest BCUT2D eigenvalue weighted by atomic mass is 10.0. The first-order chi connectivity index (χ1) is 12.3. The summed E-state index contributed by atoms with van der Waals surface area (Å²) in [4.78, 5) is 14.4. The average molecular weight is 335 g/mol. The maximum Gasteiger partial charge on any atom is 0.230 e. The van der Waals surface area contributed by atoms with Gasteiger partial charge in [-0.25, -0.2) is 0 Å². The van der Waals surface area contributed by atoms with Crippen LogP contribution < -0.4 is 10.2 Å². The number of carbonyl (C=O) groups excluding carboxylic acids is 1. The van der Waals surface area contributed by atoms with E-state index in [2.05, 4.69) is 25.9 Å². The van der Waals surface area contributed by atoms with Gasteiger partial charge in [0.25, 0.3) is 0 Å². The molecule has 1 aliphatic heterocycles. The normalized spacial score (nSPS) is 16.9. The van der Waals surface area contributed by atoms with E-state index in [0.29, 0.717) is 0 Å². The fourth-order valence-electron chi connectivity index (χ4n) is 3.04. The number of anilines is 2. The van der Waals surface area contributed by atoms with Crippen molar-refractivity contribution in [1.29, 1.82) is 5.26 Å². The topological polar surface area (TPSA) is 111 Å². The zero-order valence-electron chi connectivity index (χ0n) is 13.6. The second-order valence-corrected chi connectivity index (χ2v) is 6.26. The molecule has 0 spiro atoms. The van der Waals surface area contributed by atoms with Crippen LogP contribution in [0.5, 0.6) is 0 Å². The van der Waals surface area contributed by atoms with E-state index in [4.69, 9.17) is 0 Å². The Morgan fingerprint density at radius 3 is 3.04 bits per heavy atom. The van der Waals surface area contributed by atoms with Gasteiger partial charge in [-0.05, 0) is 54.7 Å². The van der Waals surface area contributed by atoms with Crippen molar-refractivity contribution in [1.82, 2.24) is 20.6 Å². The molecule has 0 bridgehead atoms. The number of benzene rings is 1. The summed E-state index contributed by atoms with van der Waals surface area (Å²) in [6.45, 7) is 0.797. The van der Waals surface area contributed by atoms with Crippen LogP contribution in [0.15, 0.2) is 24.4 Å². The Bertz CT molecular complexity index is 862. The molecule has 1 amide bonds. The lowest BCUT2D eigenvalue weighted by molar-refractivity contribution is -0.119. The van der Waals surface area contributed by atoms with E-state index in [0.717, 1.165) is 49.2 Å². The molecular formula is C17H17N7O. The molecule has 2 heterocycles. The second kappa shape index (κ2) is 6.36. The Kier molecular flexibility index (Phi) is 3.90. The number of H-pyrrole nitrogens is 1. The third-order valence-electron chi connectivity index (χ3n) is 4.48. The van der Waals surface area contributed by atoms with Crippen LogP contribution in [0.4, 0.5) is 11.4 Å². The van der Waals surface area contributed by atoms with Crippen molar-refractivity contribution in [3.05, 3.63) is 35.8 Å². The number of tetrazole rings is 1. The van der Waals surface area contributed by atoms with Crippen molar-refractivity contribution >= 4 is 22.9 Å². The predicted octanol–water partition coefficient (Wildman–Crippen LogP) is 1.87. The minimum Gasteiger partial charge on any atom is -0.360 e. The molecule has 0 atom stereocenters. The smallest absolute Gasteiger partial charge is 0.230 e. The Labute approximate surface area is 144 Å². The first-order valence-electron chi connectivity index (χ1n) is 8.31. The molecular weight excluding hydrogens is 318 g/mol. The monoisotopic (exact) mass is 335 g/mol. The number of aromatic nitrogens is 4. The Morgan fingerprint density at radius 1 is 1.44 bits per heavy atom. The van der Waals surface area contributed by atoms with Gasteiger partial charge >= 0.3 is 0 Å². The number of carbonyl (C=O) groups is 1. The minimum atomic E-state index is 0.222. The van der Waals surface area contributed by atoms with Gasteiger partial charge in [-0.3, -0.25) is 4.79 Å². The van der Waals surface area contributed by atoms with E-state index in [9.17, 15) is 10.1 Å². The minimum absolute atomic E-state index is 0.222. The SMILES string of the molecule is N#CC(=CNc1ccc2c(c1)CCCN2C(=O)C1CC1)c1nn[nH]n1. The first-order valence-corrected chi connectivity index (χ1v) is 8.31. The van der Waals surface area contributed by atoms with Crippen LogP contribution in [-0.2, 0) is 11.2 Å². The molecule has 8 heteroatoms. The van der Waals surface area contributed by atoms with Crippen molar-refractivity contribution in [2.45, 2.75) is 25.7 Å². The maximum absolute atomic E-state index is 12.4. The summed E-state index contributed by atoms with van der Waals surface area (Å²) in [6, 6.07) is 7.96. The number of hydrogen-bond donors (Lipinski definition) is 2. The molecule has 2 N–H and O–H groups in total. The van der Waals surface area contributed by atoms with Crippen molar-refractivity contribution < 1.29 is 4.79 Å². The summed E-state index contributed by atoms with van der Waals surface area (Å²) in [5, 5.41) is 25.7. The number of hydrogen-bond acceptors (Lipinski definition) is 6. The van der Waals surface area contributed by atoms with Crippen LogP contribution in [-0.4, -0.2) is 33.1 Å². The Morgan fingerprint density at radius 2 is 2.32 bits per heavy atom. The van der Waals surface area contributed by atoms with Crippen LogP contribution in [0.25, 0.3) is 5.57 Å². The third kappa shape index (κ3) is 3.08. The standard InChI is InChI=1S/C17H17N7O/c18-9-13(16-20-22-23-21-16)10-19-14-5-6-15-12(8-14)2-1-7-24(15)17(25)11-3-4-11/h5-6,8,10-11,19H,1-4,7H2,(H,20,21,22,23). The fraction of sp³-hybridized carbons (Fsp3) is 0.353. The number of allylic oxidation sites excluding steroid dienone is 1. The molecule has 126 valence electrons. The summed E-state index contributed by atoms with van der Waals surface area (Å²) < 4.78 is 0. The predicted molar refractivity (Wildman–Crippen MR) is 91.2 cm³/mol. The number of rotatable bonds is 4. The van der Waals surface area contributed by atoms with Crippen LogP contribution >= 0.6 is 0 Å². The quantitative estimate of drug-likeness (QED) is 0.825. The molecule has 25 heavy (non-hydrogen) atoms. The molecule has 0 unspecified atom stereocenters. The second-order valence-electron chi connectivity index (χ2n) is 6.26. The molecule has 1 aliphatic carbocycles. The van der Waals surface area contributed by atoms with Gasteiger partial charge in [-0.1, -0.05) is 0 Å². The molecule has 2 aliphatic rings. The summed E-state index contributed by atoms with van der Waals surface area (Å²) >= 11 is 0. The molecule has 0 saturated heterocycles. The van der Waals surface area contributed by atoms with Gasteiger partial charge in [0.1, 0.15) is 11.6 Å². The van der Waals surface area contributed by atoms with E-state index in [1.807, 2.05) is 29.2 Å². The highest BCUT2D eigenvalue weighted by Crippen LogP contribution is 2.36. The van der Waals surface area contributed by atoms with Gasteiger partial charge in [0, 0.05) is 30.0 Å².